The van der Waals surface area contributed by atoms with E-state index in [1.54, 1.807) is 0 Å². The average molecular weight is 247 g/mol. The molecule has 1 fully saturated rings. The van der Waals surface area contributed by atoms with Gasteiger partial charge in [0.2, 0.25) is 0 Å². The van der Waals surface area contributed by atoms with Gasteiger partial charge in [-0.1, -0.05) is 42.7 Å². The van der Waals surface area contributed by atoms with E-state index in [9.17, 15) is 5.11 Å². The number of benzene rings is 1. The summed E-state index contributed by atoms with van der Waals surface area (Å²) in [5.74, 6) is 0.437. The Bertz CT molecular complexity index is 360. The summed E-state index contributed by atoms with van der Waals surface area (Å²) >= 11 is 0. The minimum Gasteiger partial charge on any atom is -0.396 e. The molecular weight excluding hydrogens is 222 g/mol. The van der Waals surface area contributed by atoms with Crippen LogP contribution in [0.1, 0.15) is 49.8 Å². The van der Waals surface area contributed by atoms with Crippen LogP contribution in [0, 0.1) is 12.8 Å². The van der Waals surface area contributed by atoms with Crippen LogP contribution < -0.4 is 5.32 Å². The topological polar surface area (TPSA) is 32.3 Å². The number of aliphatic hydroxyl groups excluding tert-OH is 1. The summed E-state index contributed by atoms with van der Waals surface area (Å²) in [4.78, 5) is 0. The van der Waals surface area contributed by atoms with Crippen LogP contribution >= 0.6 is 0 Å². The van der Waals surface area contributed by atoms with Crippen LogP contribution in [-0.2, 0) is 0 Å². The molecule has 0 radical (unpaired) electrons. The predicted octanol–water partition coefficient (Wildman–Crippen LogP) is 3.20. The molecule has 0 amide bonds. The molecule has 1 aliphatic carbocycles. The predicted molar refractivity (Wildman–Crippen MR) is 75.6 cm³/mol. The van der Waals surface area contributed by atoms with Gasteiger partial charge < -0.3 is 10.4 Å². The van der Waals surface area contributed by atoms with Gasteiger partial charge in [0, 0.05) is 18.7 Å². The summed E-state index contributed by atoms with van der Waals surface area (Å²) in [7, 11) is 0. The fourth-order valence-corrected chi connectivity index (χ4v) is 2.92. The lowest BCUT2D eigenvalue weighted by molar-refractivity contribution is 0.147. The quantitative estimate of drug-likeness (QED) is 0.856. The minimum absolute atomic E-state index is 0.318. The standard InChI is InChI=1S/C16H25NO/c1-12-7-9-14(10-8-12)13(2)17-16-6-4-3-5-15(16)11-18/h7-10,13,15-18H,3-6,11H2,1-2H3. The van der Waals surface area contributed by atoms with Crippen molar-refractivity contribution in [3.05, 3.63) is 35.4 Å². The van der Waals surface area contributed by atoms with Crippen molar-refractivity contribution in [3.8, 4) is 0 Å². The first kappa shape index (κ1) is 13.6. The number of aliphatic hydroxyl groups is 1. The SMILES string of the molecule is Cc1ccc(C(C)NC2CCCCC2CO)cc1. The zero-order valence-corrected chi connectivity index (χ0v) is 11.5. The molecule has 2 N–H and O–H groups in total. The molecule has 2 heteroatoms. The summed E-state index contributed by atoms with van der Waals surface area (Å²) in [5, 5.41) is 13.1. The monoisotopic (exact) mass is 247 g/mol. The summed E-state index contributed by atoms with van der Waals surface area (Å²) in [5.41, 5.74) is 2.64. The second kappa shape index (κ2) is 6.35. The van der Waals surface area contributed by atoms with Crippen molar-refractivity contribution in [1.82, 2.24) is 5.32 Å². The van der Waals surface area contributed by atoms with E-state index >= 15 is 0 Å². The Morgan fingerprint density at radius 2 is 1.89 bits per heavy atom. The summed E-state index contributed by atoms with van der Waals surface area (Å²) in [6.45, 7) is 4.65. The van der Waals surface area contributed by atoms with Gasteiger partial charge in [-0.25, -0.2) is 0 Å². The van der Waals surface area contributed by atoms with Crippen LogP contribution in [-0.4, -0.2) is 17.8 Å². The molecule has 100 valence electrons. The molecule has 0 spiro atoms. The van der Waals surface area contributed by atoms with E-state index in [1.807, 2.05) is 0 Å². The van der Waals surface area contributed by atoms with Crippen LogP contribution in [0.3, 0.4) is 0 Å². The van der Waals surface area contributed by atoms with Crippen molar-refractivity contribution in [3.63, 3.8) is 0 Å². The van der Waals surface area contributed by atoms with Crippen LogP contribution in [0.2, 0.25) is 0 Å². The van der Waals surface area contributed by atoms with Crippen LogP contribution in [0.4, 0.5) is 0 Å². The fraction of sp³-hybridized carbons (Fsp3) is 0.625. The fourth-order valence-electron chi connectivity index (χ4n) is 2.92. The van der Waals surface area contributed by atoms with E-state index < -0.39 is 0 Å². The molecule has 1 aliphatic rings. The highest BCUT2D eigenvalue weighted by molar-refractivity contribution is 5.23. The lowest BCUT2D eigenvalue weighted by atomic mass is 9.84. The molecule has 1 saturated carbocycles. The Balaban J connectivity index is 1.97. The molecule has 1 aromatic carbocycles. The number of nitrogens with one attached hydrogen (secondary N) is 1. The van der Waals surface area contributed by atoms with E-state index in [2.05, 4.69) is 43.4 Å². The molecule has 2 rings (SSSR count). The van der Waals surface area contributed by atoms with Gasteiger partial charge in [0.15, 0.2) is 0 Å². The Kier molecular flexibility index (Phi) is 4.79. The van der Waals surface area contributed by atoms with Gasteiger partial charge in [0.05, 0.1) is 0 Å². The first-order valence-electron chi connectivity index (χ1n) is 7.14. The Morgan fingerprint density at radius 3 is 2.56 bits per heavy atom. The van der Waals surface area contributed by atoms with Gasteiger partial charge in [-0.3, -0.25) is 0 Å². The molecule has 18 heavy (non-hydrogen) atoms. The van der Waals surface area contributed by atoms with Gasteiger partial charge in [-0.05, 0) is 38.2 Å². The summed E-state index contributed by atoms with van der Waals surface area (Å²) in [6.07, 6.45) is 4.91. The molecular formula is C16H25NO. The summed E-state index contributed by atoms with van der Waals surface area (Å²) < 4.78 is 0. The second-order valence-corrected chi connectivity index (χ2v) is 5.63. The van der Waals surface area contributed by atoms with Crippen LogP contribution in [0.25, 0.3) is 0 Å². The smallest absolute Gasteiger partial charge is 0.0474 e. The number of hydrogen-bond donors (Lipinski definition) is 2. The van der Waals surface area contributed by atoms with Crippen LogP contribution in [0.15, 0.2) is 24.3 Å². The molecule has 2 nitrogen and oxygen atoms in total. The molecule has 0 heterocycles. The third kappa shape index (κ3) is 3.33. The van der Waals surface area contributed by atoms with E-state index in [1.165, 1.54) is 30.4 Å². The van der Waals surface area contributed by atoms with E-state index in [0.29, 0.717) is 24.6 Å². The highest BCUT2D eigenvalue weighted by Crippen LogP contribution is 2.26. The van der Waals surface area contributed by atoms with Crippen molar-refractivity contribution >= 4 is 0 Å². The molecule has 3 unspecified atom stereocenters. The number of rotatable bonds is 4. The highest BCUT2D eigenvalue weighted by atomic mass is 16.3. The molecule has 3 atom stereocenters. The molecule has 0 bridgehead atoms. The Morgan fingerprint density at radius 1 is 1.22 bits per heavy atom. The lowest BCUT2D eigenvalue weighted by Crippen LogP contribution is -2.41. The van der Waals surface area contributed by atoms with Crippen LogP contribution in [0.5, 0.6) is 0 Å². The largest absolute Gasteiger partial charge is 0.396 e. The Hall–Kier alpha value is -0.860. The maximum atomic E-state index is 9.44. The first-order chi connectivity index (χ1) is 8.70. The van der Waals surface area contributed by atoms with E-state index in [4.69, 9.17) is 0 Å². The minimum atomic E-state index is 0.318. The zero-order valence-electron chi connectivity index (χ0n) is 11.5. The highest BCUT2D eigenvalue weighted by Gasteiger charge is 2.25. The maximum Gasteiger partial charge on any atom is 0.0474 e. The lowest BCUT2D eigenvalue weighted by Gasteiger charge is -2.33. The van der Waals surface area contributed by atoms with Gasteiger partial charge in [0.25, 0.3) is 0 Å². The average Bonchev–Trinajstić information content (AvgIpc) is 2.40. The molecule has 0 saturated heterocycles. The zero-order chi connectivity index (χ0) is 13.0. The molecule has 1 aromatic rings. The van der Waals surface area contributed by atoms with Gasteiger partial charge in [-0.15, -0.1) is 0 Å². The molecule has 0 aromatic heterocycles. The normalized spacial score (nSPS) is 25.9. The Labute approximate surface area is 110 Å². The maximum absolute atomic E-state index is 9.44. The third-order valence-electron chi connectivity index (χ3n) is 4.19. The van der Waals surface area contributed by atoms with Crippen molar-refractivity contribution in [2.45, 2.75) is 51.6 Å². The number of aryl methyl sites for hydroxylation is 1. The van der Waals surface area contributed by atoms with Crippen molar-refractivity contribution in [2.75, 3.05) is 6.61 Å². The van der Waals surface area contributed by atoms with E-state index in [-0.39, 0.29) is 0 Å². The van der Waals surface area contributed by atoms with Crippen molar-refractivity contribution < 1.29 is 5.11 Å². The summed E-state index contributed by atoms with van der Waals surface area (Å²) in [6, 6.07) is 9.56. The number of hydrogen-bond acceptors (Lipinski definition) is 2. The van der Waals surface area contributed by atoms with Crippen molar-refractivity contribution in [2.24, 2.45) is 5.92 Å². The third-order valence-corrected chi connectivity index (χ3v) is 4.19. The van der Waals surface area contributed by atoms with Gasteiger partial charge in [0.1, 0.15) is 0 Å². The van der Waals surface area contributed by atoms with Gasteiger partial charge >= 0.3 is 0 Å². The second-order valence-electron chi connectivity index (χ2n) is 5.63. The van der Waals surface area contributed by atoms with Crippen molar-refractivity contribution in [1.29, 1.82) is 0 Å². The van der Waals surface area contributed by atoms with Gasteiger partial charge in [-0.2, -0.15) is 0 Å². The first-order valence-corrected chi connectivity index (χ1v) is 7.14. The van der Waals surface area contributed by atoms with E-state index in [0.717, 1.165) is 6.42 Å². The molecule has 0 aliphatic heterocycles.